The van der Waals surface area contributed by atoms with Crippen molar-refractivity contribution in [1.29, 1.82) is 0 Å². The van der Waals surface area contributed by atoms with Gasteiger partial charge < -0.3 is 68.6 Å². The summed E-state index contributed by atoms with van der Waals surface area (Å²) in [6.07, 6.45) is 0.382. The Kier molecular flexibility index (Phi) is 23.2. The van der Waals surface area contributed by atoms with Crippen LogP contribution in [0.1, 0.15) is 85.1 Å². The number of guanidine groups is 1. The number of alkyl carbamates (subject to hydrolysis) is 1. The van der Waals surface area contributed by atoms with Crippen molar-refractivity contribution in [3.63, 3.8) is 0 Å². The molecule has 0 radical (unpaired) electrons. The van der Waals surface area contributed by atoms with Crippen molar-refractivity contribution in [2.24, 2.45) is 16.5 Å². The van der Waals surface area contributed by atoms with Gasteiger partial charge in [0, 0.05) is 45.1 Å². The highest BCUT2D eigenvalue weighted by Gasteiger charge is 2.31. The van der Waals surface area contributed by atoms with Gasteiger partial charge in [0.15, 0.2) is 5.96 Å². The van der Waals surface area contributed by atoms with E-state index in [1.54, 1.807) is 55.5 Å². The number of fused-ring (bicyclic) bond motifs is 3. The number of benzene rings is 5. The maximum atomic E-state index is 14.4. The molecule has 0 aliphatic heterocycles. The molecule has 0 saturated heterocycles. The molecular formula is C58H69N11O11. The number of phenolic OH excluding ortho intramolecular Hbond substituents is 1. The van der Waals surface area contributed by atoms with Crippen LogP contribution in [0.3, 0.4) is 0 Å². The number of hydrogen-bond acceptors (Lipinski definition) is 11. The first-order chi connectivity index (χ1) is 38.7. The van der Waals surface area contributed by atoms with Crippen LogP contribution in [0.5, 0.6) is 11.5 Å². The van der Waals surface area contributed by atoms with Gasteiger partial charge in [-0.3, -0.25) is 28.8 Å². The molecule has 1 aliphatic rings. The number of aliphatic imine (C=N–C) groups is 1. The predicted octanol–water partition coefficient (Wildman–Crippen LogP) is 3.42. The zero-order valence-corrected chi connectivity index (χ0v) is 44.5. The number of phenols is 1. The average Bonchev–Trinajstić information content (AvgIpc) is 3.89. The van der Waals surface area contributed by atoms with E-state index in [9.17, 15) is 43.5 Å². The lowest BCUT2D eigenvalue weighted by atomic mass is 9.90. The van der Waals surface area contributed by atoms with Crippen molar-refractivity contribution in [3.05, 3.63) is 155 Å². The summed E-state index contributed by atoms with van der Waals surface area (Å²) in [5.41, 5.74) is 17.4. The number of unbranched alkanes of at least 4 members (excludes halogenated alkanes) is 1. The molecule has 0 spiro atoms. The Hall–Kier alpha value is -9.47. The quantitative estimate of drug-likeness (QED) is 0.0186. The summed E-state index contributed by atoms with van der Waals surface area (Å²) in [7, 11) is 0. The highest BCUT2D eigenvalue weighted by molar-refractivity contribution is 5.94. The number of hydrogen-bond donors (Lipinski definition) is 11. The standard InChI is InChI=1S/C58H69N11O11/c1-2-50(72)62-29-30-64-57(77)69-56(60)63-28-13-22-47(53(74)65-34-37-23-25-40(70)26-24-37)67-55(76)52(38-14-4-3-5-15-38)39-16-12-17-41(32-39)79-31-11-10-27-61-51(73)35-66-54(75)48(33-49(59)71)68-58(78)80-36-46-44-20-8-6-18-42(44)43-19-7-9-21-45(43)46/h3-9,12,14-21,23-26,32,46-48,52,70H,2,10-11,13,22,27-31,33-36H2,1H3,(H2,59,71)(H,61,73)(H,62,72)(H,65,74)(H,66,75)(H,67,76)(H,68,78)(H4,60,63,64,69,77)/t47-,48-,52?/m1/s1. The smallest absolute Gasteiger partial charge is 0.407 e. The molecule has 9 amide bonds. The fourth-order valence-electron chi connectivity index (χ4n) is 8.77. The third kappa shape index (κ3) is 18.9. The summed E-state index contributed by atoms with van der Waals surface area (Å²) >= 11 is 0. The second kappa shape index (κ2) is 31.1. The van der Waals surface area contributed by atoms with Crippen LogP contribution in [0.25, 0.3) is 11.1 Å². The number of nitrogens with two attached hydrogens (primary N) is 2. The van der Waals surface area contributed by atoms with Gasteiger partial charge in [0.2, 0.25) is 35.4 Å². The summed E-state index contributed by atoms with van der Waals surface area (Å²) in [4.78, 5) is 106. The van der Waals surface area contributed by atoms with Crippen LogP contribution in [0.15, 0.2) is 132 Å². The largest absolute Gasteiger partial charge is 0.508 e. The molecule has 22 nitrogen and oxygen atoms in total. The third-order valence-electron chi connectivity index (χ3n) is 12.8. The maximum Gasteiger partial charge on any atom is 0.407 e. The fourth-order valence-corrected chi connectivity index (χ4v) is 8.77. The monoisotopic (exact) mass is 1100 g/mol. The number of aromatic hydroxyl groups is 1. The number of rotatable bonds is 29. The van der Waals surface area contributed by atoms with E-state index in [1.165, 1.54) is 12.1 Å². The van der Waals surface area contributed by atoms with E-state index in [0.29, 0.717) is 42.6 Å². The van der Waals surface area contributed by atoms with Gasteiger partial charge in [-0.15, -0.1) is 0 Å². The molecule has 0 bridgehead atoms. The first-order valence-electron chi connectivity index (χ1n) is 26.4. The van der Waals surface area contributed by atoms with Gasteiger partial charge in [-0.05, 0) is 88.9 Å². The Morgan fingerprint density at radius 2 is 1.25 bits per heavy atom. The van der Waals surface area contributed by atoms with Crippen molar-refractivity contribution in [2.75, 3.05) is 45.9 Å². The number of amides is 9. The van der Waals surface area contributed by atoms with Crippen molar-refractivity contribution in [3.8, 4) is 22.6 Å². The zero-order chi connectivity index (χ0) is 57.2. The lowest BCUT2D eigenvalue weighted by molar-refractivity contribution is -0.129. The Morgan fingerprint density at radius 3 is 1.95 bits per heavy atom. The van der Waals surface area contributed by atoms with Crippen LogP contribution in [-0.2, 0) is 40.0 Å². The van der Waals surface area contributed by atoms with Crippen molar-refractivity contribution in [2.45, 2.75) is 75.9 Å². The van der Waals surface area contributed by atoms with Crippen molar-refractivity contribution in [1.82, 2.24) is 42.5 Å². The minimum atomic E-state index is -1.38. The molecule has 0 fully saturated rings. The minimum Gasteiger partial charge on any atom is -0.508 e. The van der Waals surface area contributed by atoms with Crippen molar-refractivity contribution >= 4 is 53.5 Å². The van der Waals surface area contributed by atoms with Gasteiger partial charge >= 0.3 is 12.1 Å². The van der Waals surface area contributed by atoms with E-state index < -0.39 is 72.6 Å². The van der Waals surface area contributed by atoms with Gasteiger partial charge in [-0.2, -0.15) is 4.99 Å². The molecule has 5 aromatic rings. The molecule has 6 rings (SSSR count). The highest BCUT2D eigenvalue weighted by atomic mass is 16.5. The summed E-state index contributed by atoms with van der Waals surface area (Å²) in [5, 5.41) is 31.2. The molecule has 13 N–H and O–H groups in total. The van der Waals surface area contributed by atoms with Crippen LogP contribution in [-0.4, -0.2) is 117 Å². The van der Waals surface area contributed by atoms with Crippen molar-refractivity contribution < 1.29 is 52.9 Å². The van der Waals surface area contributed by atoms with Gasteiger partial charge in [-0.25, -0.2) is 9.59 Å². The van der Waals surface area contributed by atoms with E-state index in [4.69, 9.17) is 20.9 Å². The normalized spacial score (nSPS) is 12.7. The number of carbonyl (C=O) groups excluding carboxylic acids is 8. The minimum absolute atomic E-state index is 0.0137. The number of primary amides is 1. The first kappa shape index (κ1) is 59.8. The van der Waals surface area contributed by atoms with E-state index >= 15 is 0 Å². The molecule has 5 aromatic carbocycles. The van der Waals surface area contributed by atoms with Crippen LogP contribution in [0, 0.1) is 0 Å². The average molecular weight is 1100 g/mol. The second-order valence-corrected chi connectivity index (χ2v) is 18.7. The Bertz CT molecular complexity index is 2910. The molecule has 1 aliphatic carbocycles. The summed E-state index contributed by atoms with van der Waals surface area (Å²) < 4.78 is 11.6. The molecule has 80 heavy (non-hydrogen) atoms. The van der Waals surface area contributed by atoms with E-state index in [2.05, 4.69) is 47.5 Å². The van der Waals surface area contributed by atoms with Gasteiger partial charge in [0.25, 0.3) is 0 Å². The lowest BCUT2D eigenvalue weighted by Gasteiger charge is -2.24. The molecule has 422 valence electrons. The molecule has 1 unspecified atom stereocenters. The molecule has 0 heterocycles. The number of nitrogens with zero attached hydrogens (tertiary/aromatic N) is 1. The Labute approximate surface area is 463 Å². The van der Waals surface area contributed by atoms with Crippen LogP contribution >= 0.6 is 0 Å². The van der Waals surface area contributed by atoms with E-state index in [-0.39, 0.29) is 75.9 Å². The number of carbonyl (C=O) groups is 8. The number of urea groups is 1. The van der Waals surface area contributed by atoms with E-state index in [1.807, 2.05) is 66.7 Å². The summed E-state index contributed by atoms with van der Waals surface area (Å²) in [5.74, 6) is -3.91. The second-order valence-electron chi connectivity index (χ2n) is 18.7. The fraction of sp³-hybridized carbons (Fsp3) is 0.328. The lowest BCUT2D eigenvalue weighted by Crippen LogP contribution is -2.50. The van der Waals surface area contributed by atoms with Gasteiger partial charge in [0.05, 0.1) is 25.5 Å². The zero-order valence-electron chi connectivity index (χ0n) is 44.5. The summed E-state index contributed by atoms with van der Waals surface area (Å²) in [6, 6.07) is 35.0. The van der Waals surface area contributed by atoms with E-state index in [0.717, 1.165) is 27.8 Å². The topological polar surface area (TPSA) is 336 Å². The number of nitrogens with one attached hydrogen (secondary N) is 8. The molecule has 0 aromatic heterocycles. The summed E-state index contributed by atoms with van der Waals surface area (Å²) in [6.45, 7) is 2.48. The highest BCUT2D eigenvalue weighted by Crippen LogP contribution is 2.44. The van der Waals surface area contributed by atoms with Crippen LogP contribution in [0.4, 0.5) is 9.59 Å². The molecular weight excluding hydrogens is 1030 g/mol. The Morgan fingerprint density at radius 1 is 0.613 bits per heavy atom. The van der Waals surface area contributed by atoms with Crippen LogP contribution in [0.2, 0.25) is 0 Å². The molecule has 0 saturated carbocycles. The SMILES string of the molecule is CCC(=O)NCCNC(=O)/N=C(/N)NCCC[C@@H](NC(=O)C(c1ccccc1)c1cccc(OCCCCNC(=O)CNC(=O)[C@@H](CC(N)=O)NC(=O)OCC2c3ccccc3-c3ccccc32)c1)C(=O)NCc1ccc(O)cc1. The molecule has 22 heteroatoms. The molecule has 3 atom stereocenters. The first-order valence-corrected chi connectivity index (χ1v) is 26.4. The Balaban J connectivity index is 0.968. The predicted molar refractivity (Wildman–Crippen MR) is 299 cm³/mol. The van der Waals surface area contributed by atoms with Crippen LogP contribution < -0.4 is 58.7 Å². The maximum absolute atomic E-state index is 14.4. The van der Waals surface area contributed by atoms with Gasteiger partial charge in [-0.1, -0.05) is 110 Å². The third-order valence-corrected chi connectivity index (χ3v) is 12.8. The van der Waals surface area contributed by atoms with Gasteiger partial charge in [0.1, 0.15) is 30.2 Å². The number of ether oxygens (including phenoxy) is 2.